The largest absolute Gasteiger partial charge is 0.399 e. The minimum atomic E-state index is 0.302. The van der Waals surface area contributed by atoms with Crippen molar-refractivity contribution in [1.82, 2.24) is 0 Å². The Labute approximate surface area is 239 Å². The van der Waals surface area contributed by atoms with E-state index in [0.717, 1.165) is 70.4 Å². The standard InChI is InChI=1S/C37H52N2/c1-12-21-30(14-3)33(26(7)8)24-31(15-4)35-25-34(28(10)23-20-18-19-22-27(9)13-2)36(29(11)38)37(39-17-6)32(35)16-5/h12,14-17,21-22,24-25,28,39H,5-7,11,13,18-20,23,38H2,1-4,8-10H3/b21-12-,27-22+,30-14?,31-15+,33-24-. The second-order valence-electron chi connectivity index (χ2n) is 10.2. The summed E-state index contributed by atoms with van der Waals surface area (Å²) in [5.74, 6) is 0.302. The molecule has 0 saturated heterocycles. The molecule has 0 amide bonds. The summed E-state index contributed by atoms with van der Waals surface area (Å²) < 4.78 is 0. The van der Waals surface area contributed by atoms with E-state index in [1.54, 1.807) is 6.20 Å². The van der Waals surface area contributed by atoms with Gasteiger partial charge in [0.25, 0.3) is 0 Å². The number of hydrogen-bond acceptors (Lipinski definition) is 2. The molecule has 0 aliphatic heterocycles. The third-order valence-electron chi connectivity index (χ3n) is 7.19. The minimum Gasteiger partial charge on any atom is -0.399 e. The molecule has 0 spiro atoms. The summed E-state index contributed by atoms with van der Waals surface area (Å²) in [6, 6.07) is 2.29. The molecular weight excluding hydrogens is 472 g/mol. The van der Waals surface area contributed by atoms with Crippen molar-refractivity contribution in [2.24, 2.45) is 5.73 Å². The molecule has 2 nitrogen and oxygen atoms in total. The third kappa shape index (κ3) is 9.32. The Morgan fingerprint density at radius 1 is 1.08 bits per heavy atom. The normalized spacial score (nSPS) is 13.9. The number of unbranched alkanes of at least 4 members (excludes halogenated alkanes) is 2. The van der Waals surface area contributed by atoms with Gasteiger partial charge < -0.3 is 11.1 Å². The van der Waals surface area contributed by atoms with Crippen LogP contribution < -0.4 is 11.1 Å². The number of benzene rings is 1. The van der Waals surface area contributed by atoms with Crippen LogP contribution in [0.5, 0.6) is 0 Å². The molecule has 0 heterocycles. The lowest BCUT2D eigenvalue weighted by Gasteiger charge is -2.25. The van der Waals surface area contributed by atoms with Crippen molar-refractivity contribution in [2.75, 3.05) is 5.32 Å². The Morgan fingerprint density at radius 3 is 2.26 bits per heavy atom. The van der Waals surface area contributed by atoms with Gasteiger partial charge in [0, 0.05) is 16.8 Å². The summed E-state index contributed by atoms with van der Waals surface area (Å²) in [6.07, 6.45) is 22.3. The molecule has 1 aromatic carbocycles. The summed E-state index contributed by atoms with van der Waals surface area (Å²) in [7, 11) is 0. The van der Waals surface area contributed by atoms with E-state index in [0.29, 0.717) is 11.6 Å². The predicted molar refractivity (Wildman–Crippen MR) is 180 cm³/mol. The van der Waals surface area contributed by atoms with Crippen molar-refractivity contribution in [2.45, 2.75) is 86.5 Å². The highest BCUT2D eigenvalue weighted by Gasteiger charge is 2.22. The second kappa shape index (κ2) is 17.1. The molecule has 0 aliphatic carbocycles. The van der Waals surface area contributed by atoms with Gasteiger partial charge in [0.2, 0.25) is 0 Å². The van der Waals surface area contributed by atoms with Crippen molar-refractivity contribution in [1.29, 1.82) is 0 Å². The lowest BCUT2D eigenvalue weighted by atomic mass is 9.83. The molecule has 0 fully saturated rings. The fraction of sp³-hybridized carbons (Fsp3) is 0.351. The summed E-state index contributed by atoms with van der Waals surface area (Å²) in [4.78, 5) is 0. The van der Waals surface area contributed by atoms with E-state index in [1.807, 2.05) is 13.0 Å². The van der Waals surface area contributed by atoms with E-state index >= 15 is 0 Å². The predicted octanol–water partition coefficient (Wildman–Crippen LogP) is 11.3. The quantitative estimate of drug-likeness (QED) is 0.128. The highest BCUT2D eigenvalue weighted by atomic mass is 14.9. The molecule has 1 rings (SSSR count). The number of anilines is 1. The van der Waals surface area contributed by atoms with Crippen LogP contribution in [0.4, 0.5) is 5.69 Å². The van der Waals surface area contributed by atoms with Gasteiger partial charge in [-0.15, -0.1) is 0 Å². The van der Waals surface area contributed by atoms with Gasteiger partial charge >= 0.3 is 0 Å². The average Bonchev–Trinajstić information content (AvgIpc) is 2.91. The molecule has 0 aliphatic rings. The molecule has 3 N–H and O–H groups in total. The first-order valence-electron chi connectivity index (χ1n) is 14.3. The van der Waals surface area contributed by atoms with Gasteiger partial charge in [-0.2, -0.15) is 0 Å². The molecule has 1 aromatic rings. The molecule has 0 saturated carbocycles. The first-order valence-corrected chi connectivity index (χ1v) is 14.3. The zero-order chi connectivity index (χ0) is 29.5. The molecule has 1 atom stereocenters. The number of hydrogen-bond donors (Lipinski definition) is 2. The maximum Gasteiger partial charge on any atom is 0.0556 e. The lowest BCUT2D eigenvalue weighted by molar-refractivity contribution is 0.607. The van der Waals surface area contributed by atoms with Gasteiger partial charge in [-0.3, -0.25) is 0 Å². The van der Waals surface area contributed by atoms with Crippen LogP contribution in [0.2, 0.25) is 0 Å². The van der Waals surface area contributed by atoms with Gasteiger partial charge in [0.15, 0.2) is 0 Å². The fourth-order valence-electron chi connectivity index (χ4n) is 4.85. The average molecular weight is 525 g/mol. The van der Waals surface area contributed by atoms with Crippen LogP contribution in [-0.2, 0) is 0 Å². The number of rotatable bonds is 16. The summed E-state index contributed by atoms with van der Waals surface area (Å²) >= 11 is 0. The second-order valence-corrected chi connectivity index (χ2v) is 10.2. The van der Waals surface area contributed by atoms with Crippen LogP contribution in [0, 0.1) is 0 Å². The van der Waals surface area contributed by atoms with Crippen LogP contribution in [0.25, 0.3) is 17.3 Å². The van der Waals surface area contributed by atoms with Gasteiger partial charge in [-0.1, -0.05) is 94.2 Å². The topological polar surface area (TPSA) is 38.0 Å². The SMILES string of the molecule is C=CNc1c(C=C)c(C(/C=C(/C(=C)C)C(=CC)/C=C\C)=C/C)cc(C(C)CCCC/C=C(\C)CC)c1C(=C)N. The van der Waals surface area contributed by atoms with Crippen LogP contribution in [0.15, 0.2) is 97.3 Å². The number of allylic oxidation sites excluding steroid dienone is 11. The van der Waals surface area contributed by atoms with E-state index in [1.165, 1.54) is 17.6 Å². The van der Waals surface area contributed by atoms with Gasteiger partial charge in [0.1, 0.15) is 0 Å². The van der Waals surface area contributed by atoms with E-state index in [-0.39, 0.29) is 0 Å². The van der Waals surface area contributed by atoms with Crippen LogP contribution in [0.1, 0.15) is 109 Å². The first kappa shape index (κ1) is 33.5. The molecule has 0 aromatic heterocycles. The van der Waals surface area contributed by atoms with Crippen molar-refractivity contribution >= 4 is 23.0 Å². The van der Waals surface area contributed by atoms with E-state index in [2.05, 4.69) is 116 Å². The van der Waals surface area contributed by atoms with Crippen LogP contribution in [-0.4, -0.2) is 0 Å². The Balaban J connectivity index is 3.81. The maximum absolute atomic E-state index is 6.44. The minimum absolute atomic E-state index is 0.302. The number of nitrogens with one attached hydrogen (secondary N) is 1. The summed E-state index contributed by atoms with van der Waals surface area (Å²) in [6.45, 7) is 31.5. The highest BCUT2D eigenvalue weighted by Crippen LogP contribution is 2.41. The Morgan fingerprint density at radius 2 is 1.77 bits per heavy atom. The van der Waals surface area contributed by atoms with Gasteiger partial charge in [0.05, 0.1) is 5.69 Å². The maximum atomic E-state index is 6.44. The van der Waals surface area contributed by atoms with Crippen molar-refractivity contribution in [3.8, 4) is 0 Å². The Kier molecular flexibility index (Phi) is 14.7. The molecule has 0 bridgehead atoms. The third-order valence-corrected chi connectivity index (χ3v) is 7.19. The van der Waals surface area contributed by atoms with E-state index < -0.39 is 0 Å². The molecule has 1 unspecified atom stereocenters. The van der Waals surface area contributed by atoms with Gasteiger partial charge in [-0.05, 0) is 112 Å². The molecule has 0 radical (unpaired) electrons. The van der Waals surface area contributed by atoms with Crippen molar-refractivity contribution in [3.05, 3.63) is 120 Å². The van der Waals surface area contributed by atoms with Crippen molar-refractivity contribution in [3.63, 3.8) is 0 Å². The Hall–Kier alpha value is -3.52. The smallest absolute Gasteiger partial charge is 0.0556 e. The highest BCUT2D eigenvalue weighted by molar-refractivity contribution is 5.92. The molecular formula is C37H52N2. The zero-order valence-corrected chi connectivity index (χ0v) is 25.7. The van der Waals surface area contributed by atoms with Crippen molar-refractivity contribution < 1.29 is 0 Å². The Bertz CT molecular complexity index is 1190. The van der Waals surface area contributed by atoms with E-state index in [9.17, 15) is 0 Å². The van der Waals surface area contributed by atoms with E-state index in [4.69, 9.17) is 5.73 Å². The zero-order valence-electron chi connectivity index (χ0n) is 25.7. The van der Waals surface area contributed by atoms with Gasteiger partial charge in [-0.25, -0.2) is 0 Å². The molecule has 39 heavy (non-hydrogen) atoms. The van der Waals surface area contributed by atoms with Crippen LogP contribution >= 0.6 is 0 Å². The first-order chi connectivity index (χ1) is 18.6. The molecule has 2 heteroatoms. The molecule has 210 valence electrons. The number of nitrogens with two attached hydrogens (primary N) is 1. The monoisotopic (exact) mass is 524 g/mol. The summed E-state index contributed by atoms with van der Waals surface area (Å²) in [5.41, 5.74) is 17.9. The van der Waals surface area contributed by atoms with Crippen LogP contribution in [0.3, 0.4) is 0 Å². The lowest BCUT2D eigenvalue weighted by Crippen LogP contribution is -2.10. The summed E-state index contributed by atoms with van der Waals surface area (Å²) in [5, 5.41) is 3.37. The fourth-order valence-corrected chi connectivity index (χ4v) is 4.85.